The Morgan fingerprint density at radius 2 is 0.695 bits per heavy atom. The molecule has 131 heavy (non-hydrogen) atoms. The fourth-order valence-electron chi connectivity index (χ4n) is 13.8. The van der Waals surface area contributed by atoms with E-state index < -0.39 is 67.0 Å². The molecule has 0 aliphatic rings. The van der Waals surface area contributed by atoms with E-state index in [1.54, 1.807) is 256 Å². The third-order valence-corrected chi connectivity index (χ3v) is 31.4. The molecule has 19 aromatic rings. The highest BCUT2D eigenvalue weighted by molar-refractivity contribution is 14.1. The number of carbonyl (C=O) groups is 2. The van der Waals surface area contributed by atoms with Crippen molar-refractivity contribution in [3.8, 4) is 0 Å². The third-order valence-electron chi connectivity index (χ3n) is 20.1. The number of nitrogens with one attached hydrogen (secondary N) is 2. The molecule has 0 saturated heterocycles. The number of H-pyrrole nitrogens is 2. The van der Waals surface area contributed by atoms with E-state index in [0.29, 0.717) is 86.2 Å². The van der Waals surface area contributed by atoms with Crippen LogP contribution in [0.3, 0.4) is 0 Å². The van der Waals surface area contributed by atoms with Gasteiger partial charge >= 0.3 is 11.9 Å². The van der Waals surface area contributed by atoms with E-state index in [9.17, 15) is 71.9 Å². The number of fused-ring (bicyclic) bond motifs is 7. The quantitative estimate of drug-likeness (QED) is 0.0186. The van der Waals surface area contributed by atoms with Crippen molar-refractivity contribution in [3.05, 3.63) is 396 Å². The summed E-state index contributed by atoms with van der Waals surface area (Å²) in [6, 6.07) is 80.8. The first-order valence-electron chi connectivity index (χ1n) is 38.8. The molecule has 0 aliphatic heterocycles. The van der Waals surface area contributed by atoms with Gasteiger partial charge in [-0.1, -0.05) is 156 Å². The Kier molecular flexibility index (Phi) is 29.4. The molecule has 668 valence electrons. The molecule has 0 radical (unpaired) electrons. The van der Waals surface area contributed by atoms with Crippen LogP contribution in [0.1, 0.15) is 18.1 Å². The number of nitro benzene ring substituents is 2. The molecule has 0 bridgehead atoms. The van der Waals surface area contributed by atoms with Crippen molar-refractivity contribution in [2.75, 3.05) is 18.1 Å². The molecule has 0 spiro atoms. The molecule has 0 atom stereocenters. The predicted octanol–water partition coefficient (Wildman–Crippen LogP) is 20.7. The summed E-state index contributed by atoms with van der Waals surface area (Å²) in [5, 5.41) is 36.8. The third kappa shape index (κ3) is 20.5. The number of benzene rings is 12. The average Bonchev–Trinajstić information content (AvgIpc) is 1.65. The molecule has 29 nitrogen and oxygen atoms in total. The molecule has 0 unspecified atom stereocenters. The van der Waals surface area contributed by atoms with E-state index in [1.165, 1.54) is 89.2 Å². The fraction of sp³-hybridized carbons (Fsp3) is 0.0435. The Morgan fingerprint density at radius 1 is 0.366 bits per heavy atom. The van der Waals surface area contributed by atoms with Gasteiger partial charge in [0.2, 0.25) is 0 Å². The number of halogens is 5. The van der Waals surface area contributed by atoms with Gasteiger partial charge in [0.25, 0.3) is 61.5 Å². The van der Waals surface area contributed by atoms with Gasteiger partial charge in [-0.15, -0.1) is 0 Å². The summed E-state index contributed by atoms with van der Waals surface area (Å²) in [7, 11) is -18.3. The normalized spacial score (nSPS) is 11.5. The molecule has 7 aromatic heterocycles. The number of nitrogen functional groups attached to an aromatic ring is 2. The van der Waals surface area contributed by atoms with Crippen LogP contribution in [0.5, 0.6) is 0 Å². The zero-order chi connectivity index (χ0) is 93.9. The number of aromatic nitrogens is 7. The lowest BCUT2D eigenvalue weighted by Gasteiger charge is -2.10. The highest BCUT2D eigenvalue weighted by Gasteiger charge is 2.27. The van der Waals surface area contributed by atoms with Crippen molar-refractivity contribution < 1.29 is 71.4 Å². The van der Waals surface area contributed by atoms with Gasteiger partial charge in [0.15, 0.2) is 0 Å². The highest BCUT2D eigenvalue weighted by atomic mass is 127. The molecule has 12 aromatic carbocycles. The number of rotatable bonds is 17. The van der Waals surface area contributed by atoms with Gasteiger partial charge in [-0.25, -0.2) is 62.0 Å². The summed E-state index contributed by atoms with van der Waals surface area (Å²) >= 11 is 26.3. The van der Waals surface area contributed by atoms with Crippen LogP contribution in [0.4, 0.5) is 22.7 Å². The summed E-state index contributed by atoms with van der Waals surface area (Å²) in [6.07, 6.45) is 10.8. The van der Waals surface area contributed by atoms with Crippen molar-refractivity contribution in [1.29, 1.82) is 0 Å². The van der Waals surface area contributed by atoms with Crippen molar-refractivity contribution in [1.82, 2.24) is 29.8 Å². The van der Waals surface area contributed by atoms with Gasteiger partial charge in [0, 0.05) is 107 Å². The molecular weight excluding hydrogens is 1980 g/mol. The van der Waals surface area contributed by atoms with Crippen LogP contribution < -0.4 is 11.5 Å². The summed E-state index contributed by atoms with van der Waals surface area (Å²) in [4.78, 5) is 50.0. The zero-order valence-electron chi connectivity index (χ0n) is 68.1. The first kappa shape index (κ1) is 95.0. The van der Waals surface area contributed by atoms with Crippen LogP contribution in [-0.4, -0.2) is 105 Å². The fourth-order valence-corrected chi connectivity index (χ4v) is 22.1. The number of ether oxygens (including phenoxy) is 1. The minimum absolute atomic E-state index is 0.0145. The Bertz CT molecular complexity index is 7980. The second kappa shape index (κ2) is 40.6. The van der Waals surface area contributed by atoms with Crippen molar-refractivity contribution >= 4 is 230 Å². The number of carboxylic acids is 1. The standard InChI is InChI=1S/C18H16ClNO4S.C14H9ClINO2S.C14H11ClN2O2S.C14H10N2O4S.C14H12N2O2S.C10H8ClNO2.C8H6N2O2/c1-2-24-18(21)12-15-14-10-11-20(17(14)9-8-16(15)19)25(22,23)13-6-4-3-5-7-13;2*15-12-6-7-13-11(14(12)16)8-9-17(13)20(18,19)10-4-2-1-3-5-10;17-16(18)14-8-4-7-13-12(14)9-10-15(13)21(19,20)11-5-2-1-3-6-11;15-13-7-4-8-14-12(13)9-10-16(14)19(17,18)11-5-2-1-3-6-11;11-8-1-2-9-6(3-4-12-9)7(8)5-10(13)14;11-10(12)8-3-1-2-7-6(8)4-5-9-7/h3-11H,2,12H2,1H3;1-9H;1-9H,16H2;1-10H;1-10H,15H2;1-4,12H,5H2,(H,13,14);1-5,9H. The molecule has 0 fully saturated rings. The van der Waals surface area contributed by atoms with E-state index >= 15 is 0 Å². The monoisotopic (exact) mass is 2050 g/mol. The number of aromatic amines is 2. The molecule has 19 rings (SSSR count). The number of aliphatic carboxylic acids is 1. The second-order valence-corrected chi connectivity index (χ2v) is 39.8. The summed E-state index contributed by atoms with van der Waals surface area (Å²) in [6.45, 7) is 2.00. The van der Waals surface area contributed by atoms with Crippen molar-refractivity contribution in [2.45, 2.75) is 44.2 Å². The summed E-state index contributed by atoms with van der Waals surface area (Å²) in [5.74, 6) is -1.28. The van der Waals surface area contributed by atoms with Crippen LogP contribution in [0, 0.1) is 23.8 Å². The number of anilines is 2. The van der Waals surface area contributed by atoms with Gasteiger partial charge in [-0.2, -0.15) is 0 Å². The number of non-ortho nitro benzene ring substituents is 2. The first-order valence-corrected chi connectivity index (χ1v) is 48.6. The van der Waals surface area contributed by atoms with Crippen LogP contribution in [0.25, 0.3) is 76.3 Å². The lowest BCUT2D eigenvalue weighted by molar-refractivity contribution is -0.383. The van der Waals surface area contributed by atoms with E-state index in [1.807, 2.05) is 18.2 Å². The number of esters is 1. The van der Waals surface area contributed by atoms with Gasteiger partial charge < -0.3 is 31.3 Å². The van der Waals surface area contributed by atoms with Crippen molar-refractivity contribution in [2.24, 2.45) is 0 Å². The Labute approximate surface area is 782 Å². The molecule has 0 saturated carbocycles. The Hall–Kier alpha value is -13.6. The molecule has 0 amide bonds. The number of hydrogen-bond acceptors (Lipinski definition) is 19. The maximum absolute atomic E-state index is 12.9. The summed E-state index contributed by atoms with van der Waals surface area (Å²) < 4.78 is 138. The lowest BCUT2D eigenvalue weighted by Crippen LogP contribution is -2.12. The number of nitrogens with zero attached hydrogens (tertiary/aromatic N) is 7. The predicted molar refractivity (Wildman–Crippen MR) is 518 cm³/mol. The smallest absolute Gasteiger partial charge is 0.310 e. The molecule has 7 N–H and O–H groups in total. The van der Waals surface area contributed by atoms with Gasteiger partial charge in [0.05, 0.1) is 113 Å². The lowest BCUT2D eigenvalue weighted by atomic mass is 10.1. The van der Waals surface area contributed by atoms with Crippen LogP contribution >= 0.6 is 69.0 Å². The summed E-state index contributed by atoms with van der Waals surface area (Å²) in [5.41, 5.74) is 18.1. The maximum atomic E-state index is 12.9. The minimum atomic E-state index is -3.77. The maximum Gasteiger partial charge on any atom is 0.310 e. The Balaban J connectivity index is 0.000000131. The number of carboxylic acid groups (broad SMARTS) is 1. The van der Waals surface area contributed by atoms with Crippen LogP contribution in [0.15, 0.2) is 365 Å². The highest BCUT2D eigenvalue weighted by Crippen LogP contribution is 2.37. The van der Waals surface area contributed by atoms with Crippen LogP contribution in [-0.2, 0) is 77.3 Å². The molecule has 0 aliphatic carbocycles. The van der Waals surface area contributed by atoms with Gasteiger partial charge in [0.1, 0.15) is 0 Å². The first-order chi connectivity index (χ1) is 62.6. The zero-order valence-corrected chi connectivity index (χ0v) is 77.3. The van der Waals surface area contributed by atoms with E-state index in [0.717, 1.165) is 34.7 Å². The van der Waals surface area contributed by atoms with E-state index in [-0.39, 0.29) is 65.7 Å². The SMILES string of the molecule is CCOC(=O)Cc1c(Cl)ccc2c1ccn2S(=O)(=O)c1ccccc1.Nc1c(Cl)ccc2c1ccn2S(=O)(=O)c1ccccc1.Nc1cccc2c1ccn2S(=O)(=O)c1ccccc1.O=C(O)Cc1c(Cl)ccc2[nH]ccc12.O=S(=O)(c1ccccc1)n1ccc2c(I)c(Cl)ccc21.O=[N+]([O-])c1cccc2[nH]ccc12.O=[N+]([O-])c1cccc2c1ccn2S(=O)(=O)c1ccccc1. The van der Waals surface area contributed by atoms with E-state index in [4.69, 9.17) is 67.7 Å². The van der Waals surface area contributed by atoms with Gasteiger partial charge in [-0.05, 0) is 217 Å². The number of nitro groups is 2. The molecule has 7 heterocycles. The average molecular weight is 2050 g/mol. The topological polar surface area (TPSA) is 429 Å². The minimum Gasteiger partial charge on any atom is -0.481 e. The number of hydrogen-bond donors (Lipinski definition) is 5. The molecule has 39 heteroatoms. The van der Waals surface area contributed by atoms with Crippen LogP contribution in [0.2, 0.25) is 20.1 Å². The van der Waals surface area contributed by atoms with Gasteiger partial charge in [-0.3, -0.25) is 29.8 Å². The van der Waals surface area contributed by atoms with Crippen molar-refractivity contribution in [3.63, 3.8) is 0 Å². The number of nitrogens with two attached hydrogens (primary N) is 2. The second-order valence-electron chi connectivity index (χ2n) is 28.0. The molecular formula is C92H72Cl4IN11O18S5. The number of carbonyl (C=O) groups excluding carboxylic acids is 1. The van der Waals surface area contributed by atoms with E-state index in [2.05, 4.69) is 32.6 Å². The Morgan fingerprint density at radius 3 is 1.13 bits per heavy atom. The largest absolute Gasteiger partial charge is 0.481 e.